The van der Waals surface area contributed by atoms with Crippen molar-refractivity contribution in [3.63, 3.8) is 0 Å². The summed E-state index contributed by atoms with van der Waals surface area (Å²) in [5, 5.41) is 10.5. The maximum Gasteiger partial charge on any atom is 0.495 e. The second-order valence-electron chi connectivity index (χ2n) is 7.40. The molecule has 0 radical (unpaired) electrons. The highest BCUT2D eigenvalue weighted by Gasteiger charge is 2.52. The fraction of sp³-hybridized carbons (Fsp3) is 0.500. The maximum atomic E-state index is 12.0. The zero-order valence-corrected chi connectivity index (χ0v) is 16.0. The van der Waals surface area contributed by atoms with Crippen molar-refractivity contribution >= 4 is 18.6 Å². The monoisotopic (exact) mass is 357 g/mol. The molecule has 7 nitrogen and oxygen atoms in total. The van der Waals surface area contributed by atoms with Crippen molar-refractivity contribution in [3.05, 3.63) is 29.5 Å². The van der Waals surface area contributed by atoms with Crippen molar-refractivity contribution in [3.8, 4) is 11.3 Å². The Balaban J connectivity index is 1.91. The summed E-state index contributed by atoms with van der Waals surface area (Å²) >= 11 is 0. The Hall–Kier alpha value is -2.19. The Morgan fingerprint density at radius 3 is 2.42 bits per heavy atom. The van der Waals surface area contributed by atoms with E-state index in [0.29, 0.717) is 5.69 Å². The number of aryl methyl sites for hydroxylation is 1. The lowest BCUT2D eigenvalue weighted by molar-refractivity contribution is 0.00578. The van der Waals surface area contributed by atoms with Gasteiger partial charge in [-0.3, -0.25) is 0 Å². The van der Waals surface area contributed by atoms with E-state index < -0.39 is 24.3 Å². The van der Waals surface area contributed by atoms with Crippen LogP contribution < -0.4 is 5.46 Å². The van der Waals surface area contributed by atoms with Crippen molar-refractivity contribution in [2.24, 2.45) is 0 Å². The summed E-state index contributed by atoms with van der Waals surface area (Å²) in [5.74, 6) is -0.496. The Bertz CT molecular complexity index is 816. The number of nitrogens with one attached hydrogen (secondary N) is 1. The van der Waals surface area contributed by atoms with Crippen LogP contribution >= 0.6 is 0 Å². The fourth-order valence-electron chi connectivity index (χ4n) is 2.83. The number of esters is 1. The van der Waals surface area contributed by atoms with Crippen LogP contribution in [0, 0.1) is 6.92 Å². The molecule has 0 amide bonds. The molecular formula is C18H24BN3O4. The number of H-pyrrole nitrogens is 1. The van der Waals surface area contributed by atoms with Gasteiger partial charge in [0.1, 0.15) is 5.69 Å². The predicted molar refractivity (Wildman–Crippen MR) is 98.2 cm³/mol. The number of ether oxygens (including phenoxy) is 1. The van der Waals surface area contributed by atoms with E-state index in [-0.39, 0.29) is 12.3 Å². The van der Waals surface area contributed by atoms with Crippen molar-refractivity contribution in [1.29, 1.82) is 0 Å². The SMILES string of the molecule is CCOC(=O)c1n[nH]nc1-c1ccc(B2OC(C)(C)C(C)(C)O2)c(C)c1. The van der Waals surface area contributed by atoms with Crippen LogP contribution in [0.25, 0.3) is 11.3 Å². The van der Waals surface area contributed by atoms with Crippen LogP contribution in [0.5, 0.6) is 0 Å². The molecule has 2 aromatic rings. The number of benzene rings is 1. The number of rotatable bonds is 4. The summed E-state index contributed by atoms with van der Waals surface area (Å²) in [7, 11) is -0.434. The van der Waals surface area contributed by atoms with Crippen LogP contribution in [0.3, 0.4) is 0 Å². The second-order valence-corrected chi connectivity index (χ2v) is 7.40. The fourth-order valence-corrected chi connectivity index (χ4v) is 2.83. The minimum absolute atomic E-state index is 0.176. The van der Waals surface area contributed by atoms with Crippen molar-refractivity contribution in [2.75, 3.05) is 6.61 Å². The Morgan fingerprint density at radius 2 is 1.85 bits per heavy atom. The molecule has 2 heterocycles. The van der Waals surface area contributed by atoms with Crippen LogP contribution in [0.1, 0.15) is 50.7 Å². The number of hydrogen-bond acceptors (Lipinski definition) is 6. The lowest BCUT2D eigenvalue weighted by atomic mass is 9.75. The number of carbonyl (C=O) groups is 1. The summed E-state index contributed by atoms with van der Waals surface area (Å²) in [5.41, 5.74) is 2.56. The van der Waals surface area contributed by atoms with Crippen LogP contribution in [-0.4, -0.2) is 46.3 Å². The zero-order valence-electron chi connectivity index (χ0n) is 16.0. The van der Waals surface area contributed by atoms with Gasteiger partial charge >= 0.3 is 13.1 Å². The van der Waals surface area contributed by atoms with Crippen LogP contribution in [0.2, 0.25) is 0 Å². The van der Waals surface area contributed by atoms with E-state index in [9.17, 15) is 4.79 Å². The molecule has 1 aliphatic heterocycles. The van der Waals surface area contributed by atoms with Gasteiger partial charge in [-0.1, -0.05) is 23.8 Å². The molecule has 1 aromatic carbocycles. The van der Waals surface area contributed by atoms with Gasteiger partial charge in [-0.15, -0.1) is 5.10 Å². The van der Waals surface area contributed by atoms with E-state index in [1.165, 1.54) is 0 Å². The van der Waals surface area contributed by atoms with Gasteiger partial charge in [-0.2, -0.15) is 10.3 Å². The molecular weight excluding hydrogens is 333 g/mol. The summed E-state index contributed by atoms with van der Waals surface area (Å²) < 4.78 is 17.3. The van der Waals surface area contributed by atoms with E-state index in [1.54, 1.807) is 6.92 Å². The molecule has 26 heavy (non-hydrogen) atoms. The average molecular weight is 357 g/mol. The third-order valence-corrected chi connectivity index (χ3v) is 5.07. The number of aromatic amines is 1. The van der Waals surface area contributed by atoms with Gasteiger partial charge in [0.05, 0.1) is 17.8 Å². The minimum atomic E-state index is -0.496. The first-order chi connectivity index (χ1) is 12.2. The quantitative estimate of drug-likeness (QED) is 0.667. The molecule has 0 bridgehead atoms. The molecule has 8 heteroatoms. The molecule has 0 saturated carbocycles. The summed E-state index contributed by atoms with van der Waals surface area (Å²) in [6, 6.07) is 5.77. The lowest BCUT2D eigenvalue weighted by Crippen LogP contribution is -2.41. The zero-order chi connectivity index (χ0) is 19.1. The minimum Gasteiger partial charge on any atom is -0.461 e. The topological polar surface area (TPSA) is 86.3 Å². The van der Waals surface area contributed by atoms with E-state index in [0.717, 1.165) is 16.6 Å². The molecule has 0 spiro atoms. The standard InChI is InChI=1S/C18H24BN3O4/c1-7-24-16(23)15-14(20-22-21-15)12-8-9-13(11(2)10-12)19-25-17(3,4)18(5,6)26-19/h8-10H,7H2,1-6H3,(H,20,21,22). The number of nitrogens with zero attached hydrogens (tertiary/aromatic N) is 2. The molecule has 138 valence electrons. The van der Waals surface area contributed by atoms with Gasteiger partial charge in [0.2, 0.25) is 0 Å². The molecule has 1 aliphatic rings. The number of carbonyl (C=O) groups excluding carboxylic acids is 1. The third kappa shape index (κ3) is 3.15. The van der Waals surface area contributed by atoms with E-state index >= 15 is 0 Å². The Labute approximate surface area is 153 Å². The summed E-state index contributed by atoms with van der Waals surface area (Å²) in [4.78, 5) is 12.0. The van der Waals surface area contributed by atoms with Gasteiger partial charge in [0.25, 0.3) is 0 Å². The van der Waals surface area contributed by atoms with Crippen LogP contribution in [-0.2, 0) is 14.0 Å². The maximum absolute atomic E-state index is 12.0. The van der Waals surface area contributed by atoms with E-state index in [2.05, 4.69) is 15.4 Å². The second kappa shape index (κ2) is 6.52. The first kappa shape index (κ1) is 18.6. The third-order valence-electron chi connectivity index (χ3n) is 5.07. The van der Waals surface area contributed by atoms with E-state index in [1.807, 2.05) is 52.8 Å². The van der Waals surface area contributed by atoms with Crippen LogP contribution in [0.15, 0.2) is 18.2 Å². The summed E-state index contributed by atoms with van der Waals surface area (Å²) in [6.45, 7) is 12.1. The van der Waals surface area contributed by atoms with Crippen molar-refractivity contribution < 1.29 is 18.8 Å². The van der Waals surface area contributed by atoms with E-state index in [4.69, 9.17) is 14.0 Å². The lowest BCUT2D eigenvalue weighted by Gasteiger charge is -2.32. The molecule has 3 rings (SSSR count). The molecule has 1 fully saturated rings. The molecule has 1 aromatic heterocycles. The Kier molecular flexibility index (Phi) is 4.66. The highest BCUT2D eigenvalue weighted by atomic mass is 16.7. The first-order valence-corrected chi connectivity index (χ1v) is 8.70. The number of hydrogen-bond donors (Lipinski definition) is 1. The Morgan fingerprint density at radius 1 is 1.19 bits per heavy atom. The molecule has 0 atom stereocenters. The smallest absolute Gasteiger partial charge is 0.461 e. The largest absolute Gasteiger partial charge is 0.495 e. The highest BCUT2D eigenvalue weighted by Crippen LogP contribution is 2.36. The van der Waals surface area contributed by atoms with Crippen LogP contribution in [0.4, 0.5) is 0 Å². The average Bonchev–Trinajstić information content (AvgIpc) is 3.10. The first-order valence-electron chi connectivity index (χ1n) is 8.70. The normalized spacial score (nSPS) is 18.2. The van der Waals surface area contributed by atoms with Gasteiger partial charge in [0, 0.05) is 5.56 Å². The summed E-state index contributed by atoms with van der Waals surface area (Å²) in [6.07, 6.45) is 0. The van der Waals surface area contributed by atoms with Gasteiger partial charge in [-0.25, -0.2) is 4.79 Å². The van der Waals surface area contributed by atoms with Gasteiger partial charge in [-0.05, 0) is 47.0 Å². The number of aromatic nitrogens is 3. The van der Waals surface area contributed by atoms with Gasteiger partial charge < -0.3 is 14.0 Å². The molecule has 1 saturated heterocycles. The molecule has 0 aliphatic carbocycles. The van der Waals surface area contributed by atoms with Gasteiger partial charge in [0.15, 0.2) is 5.69 Å². The van der Waals surface area contributed by atoms with Crippen molar-refractivity contribution in [1.82, 2.24) is 15.4 Å². The predicted octanol–water partition coefficient (Wildman–Crippen LogP) is 2.26. The highest BCUT2D eigenvalue weighted by molar-refractivity contribution is 6.62. The molecule has 1 N–H and O–H groups in total. The molecule has 0 unspecified atom stereocenters. The van der Waals surface area contributed by atoms with Crippen molar-refractivity contribution in [2.45, 2.75) is 52.7 Å².